The zero-order chi connectivity index (χ0) is 22.2. The second-order valence-corrected chi connectivity index (χ2v) is 8.58. The number of rotatable bonds is 5. The highest BCUT2D eigenvalue weighted by Gasteiger charge is 2.20. The van der Waals surface area contributed by atoms with Crippen molar-refractivity contribution in [3.05, 3.63) is 77.7 Å². The molecule has 0 saturated carbocycles. The normalized spacial score (nSPS) is 11.2. The minimum Gasteiger partial charge on any atom is -0.493 e. The SMILES string of the molecule is CCc1nc2c(OC)cccn2c1C(=O)Nc1ccc(-c2nc3ccc(C)cc3s2)cc1. The highest BCUT2D eigenvalue weighted by molar-refractivity contribution is 7.21. The average Bonchev–Trinajstić information content (AvgIpc) is 3.40. The van der Waals surface area contributed by atoms with E-state index in [1.165, 1.54) is 10.3 Å². The highest BCUT2D eigenvalue weighted by atomic mass is 32.1. The van der Waals surface area contributed by atoms with Gasteiger partial charge in [-0.25, -0.2) is 9.97 Å². The van der Waals surface area contributed by atoms with E-state index in [2.05, 4.69) is 35.4 Å². The summed E-state index contributed by atoms with van der Waals surface area (Å²) in [5, 5.41) is 3.97. The standard InChI is InChI=1S/C25H22N4O2S/c1-4-18-22(29-13-5-6-20(31-3)23(29)27-18)24(30)26-17-10-8-16(9-11-17)25-28-19-12-7-15(2)14-21(19)32-25/h5-14H,4H2,1-3H3,(H,26,30). The zero-order valence-electron chi connectivity index (χ0n) is 18.0. The number of anilines is 1. The van der Waals surface area contributed by atoms with E-state index in [0.717, 1.165) is 27.5 Å². The fourth-order valence-corrected chi connectivity index (χ4v) is 4.85. The smallest absolute Gasteiger partial charge is 0.274 e. The molecule has 7 heteroatoms. The van der Waals surface area contributed by atoms with Gasteiger partial charge in [-0.05, 0) is 67.4 Å². The molecule has 160 valence electrons. The van der Waals surface area contributed by atoms with Gasteiger partial charge in [-0.2, -0.15) is 0 Å². The Bertz CT molecular complexity index is 1450. The van der Waals surface area contributed by atoms with Crippen molar-refractivity contribution in [2.45, 2.75) is 20.3 Å². The van der Waals surface area contributed by atoms with Gasteiger partial charge < -0.3 is 10.1 Å². The topological polar surface area (TPSA) is 68.5 Å². The van der Waals surface area contributed by atoms with Crippen LogP contribution in [0, 0.1) is 6.92 Å². The summed E-state index contributed by atoms with van der Waals surface area (Å²) in [6.07, 6.45) is 2.47. The summed E-state index contributed by atoms with van der Waals surface area (Å²) in [6.45, 7) is 4.07. The van der Waals surface area contributed by atoms with E-state index in [1.807, 2.05) is 49.5 Å². The van der Waals surface area contributed by atoms with E-state index >= 15 is 0 Å². The third kappa shape index (κ3) is 3.50. The van der Waals surface area contributed by atoms with Crippen LogP contribution in [0.25, 0.3) is 26.4 Å². The van der Waals surface area contributed by atoms with E-state index in [0.29, 0.717) is 23.5 Å². The van der Waals surface area contributed by atoms with Crippen LogP contribution in [0.15, 0.2) is 60.8 Å². The lowest BCUT2D eigenvalue weighted by atomic mass is 10.2. The number of hydrogen-bond donors (Lipinski definition) is 1. The molecule has 1 amide bonds. The van der Waals surface area contributed by atoms with Crippen LogP contribution in [0.1, 0.15) is 28.7 Å². The van der Waals surface area contributed by atoms with E-state index in [4.69, 9.17) is 9.72 Å². The number of nitrogens with zero attached hydrogens (tertiary/aromatic N) is 3. The second kappa shape index (κ2) is 8.09. The summed E-state index contributed by atoms with van der Waals surface area (Å²) in [5.41, 5.74) is 5.86. The Labute approximate surface area is 189 Å². The lowest BCUT2D eigenvalue weighted by Crippen LogP contribution is -2.16. The molecule has 0 unspecified atom stereocenters. The molecule has 32 heavy (non-hydrogen) atoms. The molecule has 6 nitrogen and oxygen atoms in total. The molecule has 5 aromatic rings. The van der Waals surface area contributed by atoms with Crippen molar-refractivity contribution in [3.8, 4) is 16.3 Å². The molecule has 0 fully saturated rings. The average molecular weight is 443 g/mol. The second-order valence-electron chi connectivity index (χ2n) is 7.55. The summed E-state index contributed by atoms with van der Waals surface area (Å²) < 4.78 is 8.36. The van der Waals surface area contributed by atoms with Gasteiger partial charge in [-0.15, -0.1) is 11.3 Å². The minimum absolute atomic E-state index is 0.203. The van der Waals surface area contributed by atoms with Gasteiger partial charge in [-0.3, -0.25) is 9.20 Å². The van der Waals surface area contributed by atoms with Gasteiger partial charge in [0.05, 0.1) is 23.0 Å². The number of carbonyl (C=O) groups excluding carboxylic acids is 1. The van der Waals surface area contributed by atoms with Crippen LogP contribution in [0.3, 0.4) is 0 Å². The largest absolute Gasteiger partial charge is 0.493 e. The van der Waals surface area contributed by atoms with Crippen LogP contribution >= 0.6 is 11.3 Å². The molecule has 0 saturated heterocycles. The molecule has 1 N–H and O–H groups in total. The Kier molecular flexibility index (Phi) is 5.11. The molecule has 3 heterocycles. The van der Waals surface area contributed by atoms with Gasteiger partial charge in [0, 0.05) is 17.4 Å². The minimum atomic E-state index is -0.203. The van der Waals surface area contributed by atoms with Gasteiger partial charge in [0.1, 0.15) is 10.7 Å². The predicted octanol–water partition coefficient (Wildman–Crippen LogP) is 5.74. The number of hydrogen-bond acceptors (Lipinski definition) is 5. The number of carbonyl (C=O) groups is 1. The van der Waals surface area contributed by atoms with E-state index < -0.39 is 0 Å². The van der Waals surface area contributed by atoms with Gasteiger partial charge in [0.15, 0.2) is 11.4 Å². The number of benzene rings is 2. The van der Waals surface area contributed by atoms with Crippen molar-refractivity contribution < 1.29 is 9.53 Å². The third-order valence-electron chi connectivity index (χ3n) is 5.39. The fourth-order valence-electron chi connectivity index (χ4n) is 3.78. The van der Waals surface area contributed by atoms with Gasteiger partial charge in [-0.1, -0.05) is 13.0 Å². The number of pyridine rings is 1. The number of nitrogens with one attached hydrogen (secondary N) is 1. The number of thiazole rings is 1. The summed E-state index contributed by atoms with van der Waals surface area (Å²) in [6, 6.07) is 17.7. The first-order valence-electron chi connectivity index (χ1n) is 10.4. The van der Waals surface area contributed by atoms with Crippen LogP contribution in [-0.4, -0.2) is 27.4 Å². The molecule has 0 spiro atoms. The zero-order valence-corrected chi connectivity index (χ0v) is 18.9. The van der Waals surface area contributed by atoms with E-state index in [-0.39, 0.29) is 5.91 Å². The number of aryl methyl sites for hydroxylation is 2. The molecule has 5 rings (SSSR count). The van der Waals surface area contributed by atoms with Crippen LogP contribution in [0.5, 0.6) is 5.75 Å². The molecular weight excluding hydrogens is 420 g/mol. The Morgan fingerprint density at radius 2 is 1.94 bits per heavy atom. The summed E-state index contributed by atoms with van der Waals surface area (Å²) in [4.78, 5) is 22.5. The molecule has 3 aromatic heterocycles. The highest BCUT2D eigenvalue weighted by Crippen LogP contribution is 2.31. The maximum atomic E-state index is 13.1. The summed E-state index contributed by atoms with van der Waals surface area (Å²) >= 11 is 1.67. The first kappa shape index (κ1) is 20.2. The number of ether oxygens (including phenoxy) is 1. The Balaban J connectivity index is 1.43. The molecule has 0 aliphatic rings. The predicted molar refractivity (Wildman–Crippen MR) is 129 cm³/mol. The Morgan fingerprint density at radius 3 is 2.69 bits per heavy atom. The van der Waals surface area contributed by atoms with Crippen molar-refractivity contribution in [1.82, 2.24) is 14.4 Å². The molecule has 0 atom stereocenters. The maximum Gasteiger partial charge on any atom is 0.274 e. The van der Waals surface area contributed by atoms with Crippen LogP contribution in [-0.2, 0) is 6.42 Å². The van der Waals surface area contributed by atoms with Crippen LogP contribution < -0.4 is 10.1 Å². The quantitative estimate of drug-likeness (QED) is 0.377. The third-order valence-corrected chi connectivity index (χ3v) is 6.46. The molecule has 0 bridgehead atoms. The van der Waals surface area contributed by atoms with Gasteiger partial charge in [0.2, 0.25) is 0 Å². The number of methoxy groups -OCH3 is 1. The summed E-state index contributed by atoms with van der Waals surface area (Å²) in [5.74, 6) is 0.433. The maximum absolute atomic E-state index is 13.1. The number of imidazole rings is 1. The van der Waals surface area contributed by atoms with E-state index in [9.17, 15) is 4.79 Å². The molecule has 2 aromatic carbocycles. The first-order valence-corrected chi connectivity index (χ1v) is 11.2. The molecule has 0 radical (unpaired) electrons. The van der Waals surface area contributed by atoms with Crippen molar-refractivity contribution in [2.75, 3.05) is 12.4 Å². The van der Waals surface area contributed by atoms with Crippen LogP contribution in [0.2, 0.25) is 0 Å². The van der Waals surface area contributed by atoms with Gasteiger partial charge >= 0.3 is 0 Å². The van der Waals surface area contributed by atoms with Crippen molar-refractivity contribution in [2.24, 2.45) is 0 Å². The Hall–Kier alpha value is -3.71. The van der Waals surface area contributed by atoms with Crippen LogP contribution in [0.4, 0.5) is 5.69 Å². The molecular formula is C25H22N4O2S. The van der Waals surface area contributed by atoms with Crippen molar-refractivity contribution in [1.29, 1.82) is 0 Å². The number of aromatic nitrogens is 3. The fraction of sp³-hybridized carbons (Fsp3) is 0.160. The lowest BCUT2D eigenvalue weighted by Gasteiger charge is -2.08. The number of amides is 1. The van der Waals surface area contributed by atoms with Gasteiger partial charge in [0.25, 0.3) is 5.91 Å². The molecule has 0 aliphatic heterocycles. The lowest BCUT2D eigenvalue weighted by molar-refractivity contribution is 0.102. The summed E-state index contributed by atoms with van der Waals surface area (Å²) in [7, 11) is 1.60. The number of fused-ring (bicyclic) bond motifs is 2. The molecule has 0 aliphatic carbocycles. The Morgan fingerprint density at radius 1 is 1.12 bits per heavy atom. The van der Waals surface area contributed by atoms with Crippen molar-refractivity contribution in [3.63, 3.8) is 0 Å². The van der Waals surface area contributed by atoms with E-state index in [1.54, 1.807) is 22.8 Å². The monoisotopic (exact) mass is 442 g/mol. The first-order chi connectivity index (χ1) is 15.6. The van der Waals surface area contributed by atoms with Crippen molar-refractivity contribution >= 4 is 38.8 Å².